The molecule has 0 saturated carbocycles. The Morgan fingerprint density at radius 3 is 2.73 bits per heavy atom. The van der Waals surface area contributed by atoms with Crippen molar-refractivity contribution in [3.05, 3.63) is 28.2 Å². The summed E-state index contributed by atoms with van der Waals surface area (Å²) in [6.45, 7) is 1.59. The molecular weight excluding hydrogens is 258 g/mol. The van der Waals surface area contributed by atoms with Gasteiger partial charge in [-0.1, -0.05) is 0 Å². The second-order valence-corrected chi connectivity index (χ2v) is 4.42. The number of ether oxygens (including phenoxy) is 1. The fraction of sp³-hybridized carbons (Fsp3) is 0.364. The Morgan fingerprint density at radius 2 is 2.27 bits per heavy atom. The maximum Gasteiger partial charge on any atom is 0.168 e. The number of Topliss-reactive ketones (excluding diaryl/α,β-unsaturated/α-hetero) is 1. The molecule has 1 aromatic carbocycles. The van der Waals surface area contributed by atoms with Gasteiger partial charge in [-0.25, -0.2) is 0 Å². The van der Waals surface area contributed by atoms with Crippen LogP contribution in [0, 0.1) is 5.92 Å². The number of nitrogens with one attached hydrogen (secondary N) is 1. The van der Waals surface area contributed by atoms with Crippen LogP contribution < -0.4 is 10.1 Å². The largest absolute Gasteiger partial charge is 0.496 e. The molecule has 0 aliphatic carbocycles. The average molecular weight is 270 g/mol. The van der Waals surface area contributed by atoms with Gasteiger partial charge in [-0.15, -0.1) is 0 Å². The summed E-state index contributed by atoms with van der Waals surface area (Å²) in [6, 6.07) is 5.44. The van der Waals surface area contributed by atoms with Gasteiger partial charge in [0.05, 0.1) is 11.6 Å². The van der Waals surface area contributed by atoms with Crippen LogP contribution in [0.2, 0.25) is 0 Å². The Balaban J connectivity index is 2.21. The summed E-state index contributed by atoms with van der Waals surface area (Å²) in [5.74, 6) is 1.10. The first kappa shape index (κ1) is 10.6. The number of carbonyl (C=O) groups is 1. The molecule has 1 N–H and O–H groups in total. The van der Waals surface area contributed by atoms with E-state index in [0.29, 0.717) is 0 Å². The normalized spacial score (nSPS) is 15.9. The summed E-state index contributed by atoms with van der Waals surface area (Å²) >= 11 is 3.37. The van der Waals surface area contributed by atoms with Gasteiger partial charge in [0, 0.05) is 24.6 Å². The average Bonchev–Trinajstić information content (AvgIpc) is 2.15. The molecule has 1 aromatic rings. The maximum absolute atomic E-state index is 11.9. The molecule has 1 aliphatic heterocycles. The topological polar surface area (TPSA) is 38.3 Å². The molecular formula is C11H12BrNO2. The van der Waals surface area contributed by atoms with Gasteiger partial charge in [0.25, 0.3) is 0 Å². The third-order valence-corrected chi connectivity index (χ3v) is 3.21. The van der Waals surface area contributed by atoms with Gasteiger partial charge in [-0.05, 0) is 34.1 Å². The molecule has 15 heavy (non-hydrogen) atoms. The van der Waals surface area contributed by atoms with Crippen molar-refractivity contribution >= 4 is 21.7 Å². The molecule has 0 bridgehead atoms. The molecule has 1 fully saturated rings. The van der Waals surface area contributed by atoms with E-state index in [1.807, 2.05) is 18.2 Å². The first-order chi connectivity index (χ1) is 7.22. The summed E-state index contributed by atoms with van der Waals surface area (Å²) in [7, 11) is 1.61. The van der Waals surface area contributed by atoms with E-state index >= 15 is 0 Å². The molecule has 1 saturated heterocycles. The second-order valence-electron chi connectivity index (χ2n) is 3.57. The van der Waals surface area contributed by atoms with E-state index < -0.39 is 0 Å². The van der Waals surface area contributed by atoms with Crippen molar-refractivity contribution in [2.24, 2.45) is 5.92 Å². The highest BCUT2D eigenvalue weighted by atomic mass is 79.9. The van der Waals surface area contributed by atoms with E-state index in [0.717, 1.165) is 28.9 Å². The van der Waals surface area contributed by atoms with Crippen LogP contribution in [0.4, 0.5) is 0 Å². The molecule has 2 rings (SSSR count). The van der Waals surface area contributed by atoms with Gasteiger partial charge in [-0.2, -0.15) is 0 Å². The van der Waals surface area contributed by atoms with E-state index in [1.54, 1.807) is 7.11 Å². The van der Waals surface area contributed by atoms with Crippen molar-refractivity contribution in [1.29, 1.82) is 0 Å². The zero-order valence-corrected chi connectivity index (χ0v) is 10.0. The van der Waals surface area contributed by atoms with Crippen molar-refractivity contribution in [2.45, 2.75) is 0 Å². The predicted octanol–water partition coefficient (Wildman–Crippen LogP) is 1.86. The number of halogens is 1. The zero-order valence-electron chi connectivity index (χ0n) is 8.42. The van der Waals surface area contributed by atoms with Crippen LogP contribution in [0.1, 0.15) is 10.4 Å². The summed E-state index contributed by atoms with van der Waals surface area (Å²) in [5.41, 5.74) is 0.745. The number of ketones is 1. The van der Waals surface area contributed by atoms with Gasteiger partial charge < -0.3 is 10.1 Å². The third-order valence-electron chi connectivity index (χ3n) is 2.59. The summed E-state index contributed by atoms with van der Waals surface area (Å²) < 4.78 is 5.93. The minimum Gasteiger partial charge on any atom is -0.496 e. The van der Waals surface area contributed by atoms with E-state index in [-0.39, 0.29) is 11.7 Å². The summed E-state index contributed by atoms with van der Waals surface area (Å²) in [6.07, 6.45) is 0. The maximum atomic E-state index is 11.9. The highest BCUT2D eigenvalue weighted by molar-refractivity contribution is 9.10. The first-order valence-electron chi connectivity index (χ1n) is 4.81. The van der Waals surface area contributed by atoms with Crippen LogP contribution in [0.25, 0.3) is 0 Å². The molecule has 0 aromatic heterocycles. The summed E-state index contributed by atoms with van der Waals surface area (Å²) in [5, 5.41) is 3.09. The minimum absolute atomic E-state index is 0.144. The quantitative estimate of drug-likeness (QED) is 0.852. The number of carbonyl (C=O) groups excluding carboxylic acids is 1. The van der Waals surface area contributed by atoms with E-state index in [2.05, 4.69) is 21.2 Å². The highest BCUT2D eigenvalue weighted by Gasteiger charge is 2.26. The van der Waals surface area contributed by atoms with E-state index in [1.165, 1.54) is 0 Å². The van der Waals surface area contributed by atoms with Gasteiger partial charge in [-0.3, -0.25) is 4.79 Å². The van der Waals surface area contributed by atoms with Crippen LogP contribution >= 0.6 is 15.9 Å². The smallest absolute Gasteiger partial charge is 0.168 e. The van der Waals surface area contributed by atoms with Crippen LogP contribution in [0.3, 0.4) is 0 Å². The van der Waals surface area contributed by atoms with Crippen LogP contribution in [0.5, 0.6) is 5.75 Å². The second kappa shape index (κ2) is 4.33. The van der Waals surface area contributed by atoms with Crippen molar-refractivity contribution in [2.75, 3.05) is 20.2 Å². The van der Waals surface area contributed by atoms with Gasteiger partial charge in [0.15, 0.2) is 5.78 Å². The number of hydrogen-bond donors (Lipinski definition) is 1. The molecule has 4 heteroatoms. The van der Waals surface area contributed by atoms with Gasteiger partial charge in [0.2, 0.25) is 0 Å². The monoisotopic (exact) mass is 269 g/mol. The Bertz CT molecular complexity index is 388. The van der Waals surface area contributed by atoms with Crippen LogP contribution in [-0.4, -0.2) is 26.0 Å². The lowest BCUT2D eigenvalue weighted by atomic mass is 9.93. The zero-order chi connectivity index (χ0) is 10.8. The lowest BCUT2D eigenvalue weighted by molar-refractivity contribution is 0.0878. The van der Waals surface area contributed by atoms with Crippen molar-refractivity contribution in [3.8, 4) is 5.75 Å². The Labute approximate surface area is 96.9 Å². The molecule has 1 aliphatic rings. The SMILES string of the molecule is COc1ccc(C(=O)C2CNC2)cc1Br. The van der Waals surface area contributed by atoms with Crippen LogP contribution in [0.15, 0.2) is 22.7 Å². The van der Waals surface area contributed by atoms with E-state index in [9.17, 15) is 4.79 Å². The molecule has 0 spiro atoms. The molecule has 0 unspecified atom stereocenters. The van der Waals surface area contributed by atoms with Crippen molar-refractivity contribution in [3.63, 3.8) is 0 Å². The molecule has 1 heterocycles. The van der Waals surface area contributed by atoms with Gasteiger partial charge in [0.1, 0.15) is 5.75 Å². The Morgan fingerprint density at radius 1 is 1.53 bits per heavy atom. The molecule has 0 amide bonds. The molecule has 80 valence electrons. The van der Waals surface area contributed by atoms with E-state index in [4.69, 9.17) is 4.74 Å². The molecule has 3 nitrogen and oxygen atoms in total. The first-order valence-corrected chi connectivity index (χ1v) is 5.60. The molecule has 0 radical (unpaired) electrons. The fourth-order valence-electron chi connectivity index (χ4n) is 1.53. The standard InChI is InChI=1S/C11H12BrNO2/c1-15-10-3-2-7(4-9(10)12)11(14)8-5-13-6-8/h2-4,8,13H,5-6H2,1H3. The number of rotatable bonds is 3. The van der Waals surface area contributed by atoms with Crippen molar-refractivity contribution < 1.29 is 9.53 Å². The third kappa shape index (κ3) is 2.06. The fourth-order valence-corrected chi connectivity index (χ4v) is 2.07. The number of hydrogen-bond acceptors (Lipinski definition) is 3. The van der Waals surface area contributed by atoms with Crippen molar-refractivity contribution in [1.82, 2.24) is 5.32 Å². The highest BCUT2D eigenvalue weighted by Crippen LogP contribution is 2.26. The lowest BCUT2D eigenvalue weighted by Gasteiger charge is -2.25. The Kier molecular flexibility index (Phi) is 3.07. The van der Waals surface area contributed by atoms with Crippen LogP contribution in [-0.2, 0) is 0 Å². The lowest BCUT2D eigenvalue weighted by Crippen LogP contribution is -2.46. The number of benzene rings is 1. The molecule has 0 atom stereocenters. The summed E-state index contributed by atoms with van der Waals surface area (Å²) in [4.78, 5) is 11.9. The van der Waals surface area contributed by atoms with Gasteiger partial charge >= 0.3 is 0 Å². The Hall–Kier alpha value is -0.870. The number of methoxy groups -OCH3 is 1. The predicted molar refractivity (Wildman–Crippen MR) is 61.4 cm³/mol. The minimum atomic E-state index is 0.144.